The number of ether oxygens (including phenoxy) is 1. The third-order valence-electron chi connectivity index (χ3n) is 3.54. The van der Waals surface area contributed by atoms with E-state index in [1.807, 2.05) is 0 Å². The van der Waals surface area contributed by atoms with E-state index in [1.54, 1.807) is 0 Å². The molecule has 1 heterocycles. The first-order chi connectivity index (χ1) is 8.92. The van der Waals surface area contributed by atoms with Gasteiger partial charge in [-0.15, -0.1) is 0 Å². The van der Waals surface area contributed by atoms with Gasteiger partial charge in [0, 0.05) is 6.54 Å². The maximum Gasteiger partial charge on any atom is 0.142 e. The van der Waals surface area contributed by atoms with Gasteiger partial charge < -0.3 is 10.1 Å². The van der Waals surface area contributed by atoms with Gasteiger partial charge in [-0.1, -0.05) is 44.7 Å². The smallest absolute Gasteiger partial charge is 0.142 e. The van der Waals surface area contributed by atoms with Crippen LogP contribution in [0.5, 0.6) is 5.75 Å². The highest BCUT2D eigenvalue weighted by molar-refractivity contribution is 5.63. The molecule has 1 N–H and O–H groups in total. The standard InChI is InChI=1S/C16H25NO/c1-2-3-4-5-6-13-18-15-11-7-9-14-10-8-12-17-16(14)15/h7,9,11,17H,2-6,8,10,12-13H2,1H3. The Morgan fingerprint density at radius 3 is 2.94 bits per heavy atom. The van der Waals surface area contributed by atoms with Gasteiger partial charge in [0.2, 0.25) is 0 Å². The summed E-state index contributed by atoms with van der Waals surface area (Å²) in [5.41, 5.74) is 2.64. The topological polar surface area (TPSA) is 21.3 Å². The molecule has 2 nitrogen and oxygen atoms in total. The summed E-state index contributed by atoms with van der Waals surface area (Å²) in [6.07, 6.45) is 8.85. The lowest BCUT2D eigenvalue weighted by Gasteiger charge is -2.21. The Kier molecular flexibility index (Phi) is 5.37. The lowest BCUT2D eigenvalue weighted by Crippen LogP contribution is -2.13. The van der Waals surface area contributed by atoms with Gasteiger partial charge in [0.1, 0.15) is 5.75 Å². The van der Waals surface area contributed by atoms with E-state index in [-0.39, 0.29) is 0 Å². The molecule has 0 bridgehead atoms. The average molecular weight is 247 g/mol. The van der Waals surface area contributed by atoms with Gasteiger partial charge in [-0.25, -0.2) is 0 Å². The number of nitrogens with one attached hydrogen (secondary N) is 1. The van der Waals surface area contributed by atoms with E-state index >= 15 is 0 Å². The van der Waals surface area contributed by atoms with Crippen molar-refractivity contribution in [1.29, 1.82) is 0 Å². The fourth-order valence-corrected chi connectivity index (χ4v) is 2.49. The van der Waals surface area contributed by atoms with Crippen LogP contribution in [0.4, 0.5) is 5.69 Å². The Balaban J connectivity index is 1.79. The van der Waals surface area contributed by atoms with Crippen LogP contribution in [-0.4, -0.2) is 13.2 Å². The predicted octanol–water partition coefficient (Wildman–Crippen LogP) is 4.39. The third-order valence-corrected chi connectivity index (χ3v) is 3.54. The normalized spacial score (nSPS) is 13.8. The summed E-state index contributed by atoms with van der Waals surface area (Å²) in [6, 6.07) is 6.40. The number of anilines is 1. The zero-order valence-corrected chi connectivity index (χ0v) is 11.5. The monoisotopic (exact) mass is 247 g/mol. The predicted molar refractivity (Wildman–Crippen MR) is 77.5 cm³/mol. The van der Waals surface area contributed by atoms with Crippen molar-refractivity contribution in [3.05, 3.63) is 23.8 Å². The number of unbranched alkanes of at least 4 members (excludes halogenated alkanes) is 4. The number of para-hydroxylation sites is 1. The zero-order chi connectivity index (χ0) is 12.6. The molecule has 0 unspecified atom stereocenters. The molecule has 0 aromatic heterocycles. The Morgan fingerprint density at radius 1 is 1.17 bits per heavy atom. The van der Waals surface area contributed by atoms with Crippen molar-refractivity contribution in [3.8, 4) is 5.75 Å². The Morgan fingerprint density at radius 2 is 2.06 bits per heavy atom. The average Bonchev–Trinajstić information content (AvgIpc) is 2.43. The van der Waals surface area contributed by atoms with Crippen molar-refractivity contribution in [2.75, 3.05) is 18.5 Å². The van der Waals surface area contributed by atoms with Gasteiger partial charge in [0.05, 0.1) is 12.3 Å². The quantitative estimate of drug-likeness (QED) is 0.721. The molecular weight excluding hydrogens is 222 g/mol. The molecule has 0 spiro atoms. The molecule has 2 heteroatoms. The van der Waals surface area contributed by atoms with Crippen LogP contribution in [0, 0.1) is 0 Å². The summed E-state index contributed by atoms with van der Waals surface area (Å²) in [5, 5.41) is 3.47. The van der Waals surface area contributed by atoms with E-state index in [0.29, 0.717) is 0 Å². The second kappa shape index (κ2) is 7.30. The van der Waals surface area contributed by atoms with Crippen molar-refractivity contribution in [2.24, 2.45) is 0 Å². The van der Waals surface area contributed by atoms with Crippen LogP contribution in [0.1, 0.15) is 51.0 Å². The number of benzene rings is 1. The van der Waals surface area contributed by atoms with Crippen LogP contribution < -0.4 is 10.1 Å². The van der Waals surface area contributed by atoms with E-state index < -0.39 is 0 Å². The summed E-state index contributed by atoms with van der Waals surface area (Å²) in [7, 11) is 0. The van der Waals surface area contributed by atoms with Crippen LogP contribution in [0.25, 0.3) is 0 Å². The van der Waals surface area contributed by atoms with E-state index in [4.69, 9.17) is 4.74 Å². The molecular formula is C16H25NO. The second-order valence-corrected chi connectivity index (χ2v) is 5.08. The van der Waals surface area contributed by atoms with Crippen LogP contribution >= 0.6 is 0 Å². The van der Waals surface area contributed by atoms with Crippen LogP contribution in [0.3, 0.4) is 0 Å². The molecule has 1 aliphatic heterocycles. The number of aryl methyl sites for hydroxylation is 1. The Bertz CT molecular complexity index is 362. The fraction of sp³-hybridized carbons (Fsp3) is 0.625. The summed E-state index contributed by atoms with van der Waals surface area (Å²) < 4.78 is 5.92. The van der Waals surface area contributed by atoms with Gasteiger partial charge in [0.25, 0.3) is 0 Å². The minimum atomic E-state index is 0.849. The van der Waals surface area contributed by atoms with Crippen molar-refractivity contribution in [3.63, 3.8) is 0 Å². The molecule has 2 rings (SSSR count). The highest BCUT2D eigenvalue weighted by Gasteiger charge is 2.12. The zero-order valence-electron chi connectivity index (χ0n) is 11.5. The molecule has 1 aromatic rings. The van der Waals surface area contributed by atoms with Crippen molar-refractivity contribution >= 4 is 5.69 Å². The number of rotatable bonds is 7. The lowest BCUT2D eigenvalue weighted by molar-refractivity contribution is 0.305. The maximum atomic E-state index is 5.92. The Hall–Kier alpha value is -1.18. The van der Waals surface area contributed by atoms with Crippen molar-refractivity contribution < 1.29 is 4.74 Å². The molecule has 18 heavy (non-hydrogen) atoms. The molecule has 0 aliphatic carbocycles. The number of hydrogen-bond acceptors (Lipinski definition) is 2. The molecule has 1 aliphatic rings. The molecule has 0 fully saturated rings. The van der Waals surface area contributed by atoms with Gasteiger partial charge >= 0.3 is 0 Å². The van der Waals surface area contributed by atoms with Crippen LogP contribution in [0.15, 0.2) is 18.2 Å². The Labute approximate surface area is 111 Å². The van der Waals surface area contributed by atoms with E-state index in [1.165, 1.54) is 56.2 Å². The van der Waals surface area contributed by atoms with Gasteiger partial charge in [-0.3, -0.25) is 0 Å². The SMILES string of the molecule is CCCCCCCOc1cccc2c1NCCC2. The van der Waals surface area contributed by atoms with Gasteiger partial charge in [-0.2, -0.15) is 0 Å². The van der Waals surface area contributed by atoms with Crippen LogP contribution in [0.2, 0.25) is 0 Å². The lowest BCUT2D eigenvalue weighted by atomic mass is 10.0. The van der Waals surface area contributed by atoms with Gasteiger partial charge in [0.15, 0.2) is 0 Å². The van der Waals surface area contributed by atoms with Crippen LogP contribution in [-0.2, 0) is 6.42 Å². The van der Waals surface area contributed by atoms with Crippen molar-refractivity contribution in [2.45, 2.75) is 51.9 Å². The molecule has 0 saturated carbocycles. The van der Waals surface area contributed by atoms with E-state index in [2.05, 4.69) is 30.4 Å². The molecule has 0 atom stereocenters. The summed E-state index contributed by atoms with van der Waals surface area (Å²) >= 11 is 0. The van der Waals surface area contributed by atoms with Gasteiger partial charge in [-0.05, 0) is 30.9 Å². The fourth-order valence-electron chi connectivity index (χ4n) is 2.49. The van der Waals surface area contributed by atoms with Crippen molar-refractivity contribution in [1.82, 2.24) is 0 Å². The first-order valence-corrected chi connectivity index (χ1v) is 7.40. The first kappa shape index (κ1) is 13.3. The number of fused-ring (bicyclic) bond motifs is 1. The minimum Gasteiger partial charge on any atom is -0.491 e. The molecule has 0 radical (unpaired) electrons. The molecule has 0 saturated heterocycles. The highest BCUT2D eigenvalue weighted by Crippen LogP contribution is 2.32. The third kappa shape index (κ3) is 3.66. The molecule has 0 amide bonds. The molecule has 1 aromatic carbocycles. The highest BCUT2D eigenvalue weighted by atomic mass is 16.5. The minimum absolute atomic E-state index is 0.849. The number of hydrogen-bond donors (Lipinski definition) is 1. The maximum absolute atomic E-state index is 5.92. The first-order valence-electron chi connectivity index (χ1n) is 7.40. The van der Waals surface area contributed by atoms with E-state index in [0.717, 1.165) is 18.9 Å². The second-order valence-electron chi connectivity index (χ2n) is 5.08. The summed E-state index contributed by atoms with van der Waals surface area (Å²) in [6.45, 7) is 4.17. The largest absolute Gasteiger partial charge is 0.491 e. The molecule has 100 valence electrons. The van der Waals surface area contributed by atoms with E-state index in [9.17, 15) is 0 Å². The summed E-state index contributed by atoms with van der Waals surface area (Å²) in [5.74, 6) is 1.04. The summed E-state index contributed by atoms with van der Waals surface area (Å²) in [4.78, 5) is 0.